The lowest BCUT2D eigenvalue weighted by molar-refractivity contribution is 1.50. The zero-order valence-corrected chi connectivity index (χ0v) is 4.20. The van der Waals surface area contributed by atoms with Crippen LogP contribution in [0.25, 0.3) is 5.53 Å². The van der Waals surface area contributed by atoms with E-state index in [0.29, 0.717) is 11.7 Å². The largest absolute Gasteiger partial charge is 0.706 e. The fourth-order valence-corrected chi connectivity index (χ4v) is 0.445. The van der Waals surface area contributed by atoms with Crippen LogP contribution < -0.4 is 0 Å². The van der Waals surface area contributed by atoms with E-state index in [9.17, 15) is 0 Å². The van der Waals surface area contributed by atoms with Gasteiger partial charge in [-0.05, 0) is 12.1 Å². The summed E-state index contributed by atoms with van der Waals surface area (Å²) in [6, 6.07) is 6.69. The second kappa shape index (κ2) is 2.21. The maximum atomic E-state index is 8.19. The van der Waals surface area contributed by atoms with E-state index < -0.39 is 0 Å². The van der Waals surface area contributed by atoms with Gasteiger partial charge in [-0.2, -0.15) is 0 Å². The number of benzene rings is 1. The van der Waals surface area contributed by atoms with Crippen molar-refractivity contribution >= 4 is 5.69 Å². The summed E-state index contributed by atoms with van der Waals surface area (Å²) in [4.78, 5) is 0. The zero-order chi connectivity index (χ0) is 6.69. The minimum atomic E-state index is 0.419. The molecule has 0 atom stereocenters. The molecule has 0 saturated heterocycles. The fourth-order valence-electron chi connectivity index (χ4n) is 0.445. The molecule has 0 aromatic heterocycles. The first-order valence-electron chi connectivity index (χ1n) is 2.74. The Morgan fingerprint density at radius 2 is 2.12 bits per heavy atom. The summed E-state index contributed by atoms with van der Waals surface area (Å²) < 4.78 is 7.04. The Bertz CT molecular complexity index is 205. The molecule has 0 fully saturated rings. The van der Waals surface area contributed by atoms with Crippen molar-refractivity contribution in [2.45, 2.75) is 0 Å². The molecule has 0 N–H and O–H groups in total. The van der Waals surface area contributed by atoms with Gasteiger partial charge in [-0.25, -0.2) is 0 Å². The van der Waals surface area contributed by atoms with Crippen molar-refractivity contribution < 1.29 is 1.37 Å². The summed E-state index contributed by atoms with van der Waals surface area (Å²) in [5.41, 5.74) is 8.67. The van der Waals surface area contributed by atoms with E-state index in [1.54, 1.807) is 24.3 Å². The predicted octanol–water partition coefficient (Wildman–Crippen LogP) is 2.34. The molecule has 0 saturated carbocycles. The highest BCUT2D eigenvalue weighted by atomic mass is 14.9. The van der Waals surface area contributed by atoms with Gasteiger partial charge in [-0.1, -0.05) is 18.2 Å². The van der Waals surface area contributed by atoms with Crippen molar-refractivity contribution in [3.8, 4) is 0 Å². The Kier molecular flexibility index (Phi) is 1.04. The molecular weight excluding hydrogens is 100 g/mol. The Hall–Kier alpha value is -1.18. The van der Waals surface area contributed by atoms with Gasteiger partial charge in [0.25, 0.3) is 0 Å². The monoisotopic (exact) mass is 106 g/mol. The SMILES string of the molecule is [2H]c1ccc(N=[N-])cc1. The Morgan fingerprint density at radius 1 is 1.50 bits per heavy atom. The molecule has 0 aliphatic heterocycles. The topological polar surface area (TPSA) is 34.7 Å². The van der Waals surface area contributed by atoms with Gasteiger partial charge >= 0.3 is 0 Å². The van der Waals surface area contributed by atoms with Gasteiger partial charge in [-0.3, -0.25) is 0 Å². The molecule has 40 valence electrons. The van der Waals surface area contributed by atoms with Crippen LogP contribution in [-0.2, 0) is 0 Å². The van der Waals surface area contributed by atoms with E-state index in [4.69, 9.17) is 6.90 Å². The number of rotatable bonds is 1. The van der Waals surface area contributed by atoms with Crippen molar-refractivity contribution in [3.05, 3.63) is 35.8 Å². The number of hydrogen-bond acceptors (Lipinski definition) is 1. The van der Waals surface area contributed by atoms with Gasteiger partial charge in [0.1, 0.15) is 0 Å². The Balaban J connectivity index is 3.01. The van der Waals surface area contributed by atoms with Crippen LogP contribution in [0.1, 0.15) is 1.37 Å². The van der Waals surface area contributed by atoms with E-state index in [-0.39, 0.29) is 0 Å². The van der Waals surface area contributed by atoms with E-state index in [0.717, 1.165) is 0 Å². The van der Waals surface area contributed by atoms with Gasteiger partial charge in [0.05, 0.1) is 1.37 Å². The van der Waals surface area contributed by atoms with Crippen molar-refractivity contribution in [1.29, 1.82) is 0 Å². The minimum Gasteiger partial charge on any atom is -0.706 e. The van der Waals surface area contributed by atoms with Crippen LogP contribution in [0.4, 0.5) is 5.69 Å². The number of nitrogens with zero attached hydrogens (tertiary/aromatic N) is 2. The molecule has 0 aliphatic carbocycles. The first-order valence-corrected chi connectivity index (χ1v) is 2.24. The van der Waals surface area contributed by atoms with E-state index in [1.165, 1.54) is 0 Å². The molecule has 0 spiro atoms. The quantitative estimate of drug-likeness (QED) is 0.492. The standard InChI is InChI=1S/C6H5N2/c7-8-6-4-2-1-3-5-6/h1-5H/q-1/i1D. The number of hydrogen-bond donors (Lipinski definition) is 0. The predicted molar refractivity (Wildman–Crippen MR) is 31.9 cm³/mol. The third-order valence-corrected chi connectivity index (χ3v) is 0.816. The van der Waals surface area contributed by atoms with Crippen LogP contribution in [0, 0.1) is 0 Å². The molecule has 2 nitrogen and oxygen atoms in total. The molecule has 0 unspecified atom stereocenters. The van der Waals surface area contributed by atoms with Gasteiger partial charge in [0, 0.05) is 5.69 Å². The summed E-state index contributed by atoms with van der Waals surface area (Å²) in [5, 5.41) is 2.93. The molecule has 8 heavy (non-hydrogen) atoms. The smallest absolute Gasteiger partial charge is 0.0623 e. The van der Waals surface area contributed by atoms with Crippen molar-refractivity contribution in [2.24, 2.45) is 5.11 Å². The normalized spacial score (nSPS) is 10.2. The lowest BCUT2D eigenvalue weighted by atomic mass is 10.3. The highest BCUT2D eigenvalue weighted by Gasteiger charge is 1.74. The molecule has 0 heterocycles. The molecular formula is C6H5N2-. The van der Waals surface area contributed by atoms with Crippen LogP contribution in [0.15, 0.2) is 35.4 Å². The summed E-state index contributed by atoms with van der Waals surface area (Å²) in [7, 11) is 0. The average Bonchev–Trinajstić information content (AvgIpc) is 1.90. The molecule has 1 rings (SSSR count). The molecule has 1 aromatic rings. The molecule has 0 radical (unpaired) electrons. The van der Waals surface area contributed by atoms with Crippen molar-refractivity contribution in [3.63, 3.8) is 0 Å². The third kappa shape index (κ3) is 0.904. The second-order valence-corrected chi connectivity index (χ2v) is 1.36. The zero-order valence-electron chi connectivity index (χ0n) is 5.20. The Labute approximate surface area is 49.1 Å². The van der Waals surface area contributed by atoms with Gasteiger partial charge in [-0.15, -0.1) is 0 Å². The first kappa shape index (κ1) is 3.78. The maximum Gasteiger partial charge on any atom is 0.0623 e. The van der Waals surface area contributed by atoms with Crippen LogP contribution in [0.5, 0.6) is 0 Å². The lowest BCUT2D eigenvalue weighted by Gasteiger charge is -1.91. The highest BCUT2D eigenvalue weighted by molar-refractivity contribution is 5.34. The summed E-state index contributed by atoms with van der Waals surface area (Å²) in [5.74, 6) is 0. The van der Waals surface area contributed by atoms with Gasteiger partial charge in [0.2, 0.25) is 0 Å². The van der Waals surface area contributed by atoms with E-state index in [2.05, 4.69) is 5.11 Å². The summed E-state index contributed by atoms with van der Waals surface area (Å²) >= 11 is 0. The maximum absolute atomic E-state index is 8.19. The molecule has 2 heteroatoms. The van der Waals surface area contributed by atoms with Crippen LogP contribution in [0.2, 0.25) is 0 Å². The first-order chi connectivity index (χ1) is 4.33. The summed E-state index contributed by atoms with van der Waals surface area (Å²) in [6.45, 7) is 0. The molecule has 0 aliphatic rings. The summed E-state index contributed by atoms with van der Waals surface area (Å²) in [6.07, 6.45) is 0. The van der Waals surface area contributed by atoms with Crippen molar-refractivity contribution in [1.82, 2.24) is 0 Å². The van der Waals surface area contributed by atoms with E-state index in [1.807, 2.05) is 0 Å². The van der Waals surface area contributed by atoms with Crippen LogP contribution in [-0.4, -0.2) is 0 Å². The minimum absolute atomic E-state index is 0.419. The molecule has 0 amide bonds. The lowest BCUT2D eigenvalue weighted by Crippen LogP contribution is -1.55. The fraction of sp³-hybridized carbons (Fsp3) is 0. The van der Waals surface area contributed by atoms with Crippen LogP contribution >= 0.6 is 0 Å². The molecule has 0 bridgehead atoms. The van der Waals surface area contributed by atoms with Crippen molar-refractivity contribution in [2.75, 3.05) is 0 Å². The van der Waals surface area contributed by atoms with Gasteiger partial charge < -0.3 is 10.6 Å². The van der Waals surface area contributed by atoms with E-state index >= 15 is 0 Å². The Morgan fingerprint density at radius 3 is 2.62 bits per heavy atom. The van der Waals surface area contributed by atoms with Gasteiger partial charge in [0.15, 0.2) is 0 Å². The highest BCUT2D eigenvalue weighted by Crippen LogP contribution is 2.07. The third-order valence-electron chi connectivity index (χ3n) is 0.816. The molecule has 1 aromatic carbocycles. The van der Waals surface area contributed by atoms with Crippen LogP contribution in [0.3, 0.4) is 0 Å². The second-order valence-electron chi connectivity index (χ2n) is 1.36. The average molecular weight is 106 g/mol.